The summed E-state index contributed by atoms with van der Waals surface area (Å²) in [4.78, 5) is 26.6. The molecule has 21 unspecified atom stereocenters. The van der Waals surface area contributed by atoms with E-state index in [4.69, 9.17) is 37.9 Å². The number of carbonyl (C=O) groups is 2. The van der Waals surface area contributed by atoms with Crippen LogP contribution in [0.1, 0.15) is 72.6 Å². The number of carbonyl (C=O) groups excluding carboxylic acids is 2. The second-order valence-electron chi connectivity index (χ2n) is 18.4. The van der Waals surface area contributed by atoms with E-state index in [2.05, 4.69) is 0 Å². The van der Waals surface area contributed by atoms with Crippen molar-refractivity contribution in [3.05, 3.63) is 23.7 Å². The number of aliphatic hydroxyl groups is 10. The van der Waals surface area contributed by atoms with Crippen LogP contribution >= 0.6 is 0 Å². The first-order chi connectivity index (χ1) is 29.4. The molecular formula is C42H66O20. The van der Waals surface area contributed by atoms with Crippen LogP contribution in [0, 0.1) is 41.4 Å². The molecule has 0 aromatic rings. The predicted octanol–water partition coefficient (Wildman–Crippen LogP) is -1.57. The summed E-state index contributed by atoms with van der Waals surface area (Å²) in [5.41, 5.74) is -0.839. The van der Waals surface area contributed by atoms with Gasteiger partial charge in [-0.25, -0.2) is 9.59 Å². The number of ether oxygens (including phenoxy) is 8. The SMILES string of the molecule is CC(CCCC(C)COC(=O)C1=COC(OC2OC(CO)C(O)C(O)C2O)C2C1CC(O)C2C)CCOC(=O)C1=COC(OC2OC(CO)C(O)C(O)C2O)C2C1CCC2(C)O. The van der Waals surface area contributed by atoms with Crippen molar-refractivity contribution in [2.75, 3.05) is 26.4 Å². The van der Waals surface area contributed by atoms with Gasteiger partial charge in [-0.15, -0.1) is 0 Å². The molecule has 2 saturated heterocycles. The van der Waals surface area contributed by atoms with Gasteiger partial charge in [-0.3, -0.25) is 0 Å². The molecule has 0 bridgehead atoms. The van der Waals surface area contributed by atoms with E-state index in [1.54, 1.807) is 13.8 Å². The highest BCUT2D eigenvalue weighted by Crippen LogP contribution is 2.50. The summed E-state index contributed by atoms with van der Waals surface area (Å²) in [5.74, 6) is -3.62. The highest BCUT2D eigenvalue weighted by atomic mass is 16.8. The van der Waals surface area contributed by atoms with E-state index in [1.807, 2.05) is 13.8 Å². The van der Waals surface area contributed by atoms with E-state index in [-0.39, 0.29) is 48.5 Å². The van der Waals surface area contributed by atoms with Gasteiger partial charge in [0, 0.05) is 17.8 Å². The van der Waals surface area contributed by atoms with Crippen LogP contribution in [0.4, 0.5) is 0 Å². The van der Waals surface area contributed by atoms with Crippen molar-refractivity contribution in [2.24, 2.45) is 41.4 Å². The summed E-state index contributed by atoms with van der Waals surface area (Å²) in [6.45, 7) is 6.41. The summed E-state index contributed by atoms with van der Waals surface area (Å²) in [7, 11) is 0. The molecule has 0 aromatic carbocycles. The smallest absolute Gasteiger partial charge is 0.337 e. The van der Waals surface area contributed by atoms with Crippen LogP contribution in [0.5, 0.6) is 0 Å². The molecule has 0 spiro atoms. The summed E-state index contributed by atoms with van der Waals surface area (Å²) < 4.78 is 45.6. The summed E-state index contributed by atoms with van der Waals surface area (Å²) in [6, 6.07) is 0. The minimum Gasteiger partial charge on any atom is -0.472 e. The third kappa shape index (κ3) is 10.4. The van der Waals surface area contributed by atoms with Gasteiger partial charge in [-0.05, 0) is 56.8 Å². The van der Waals surface area contributed by atoms with Crippen molar-refractivity contribution in [3.8, 4) is 0 Å². The maximum Gasteiger partial charge on any atom is 0.337 e. The van der Waals surface area contributed by atoms with Crippen molar-refractivity contribution in [2.45, 2.75) is 158 Å². The molecule has 6 rings (SSSR count). The first-order valence-electron chi connectivity index (χ1n) is 21.8. The van der Waals surface area contributed by atoms with Gasteiger partial charge in [0.05, 0.1) is 67.7 Å². The standard InChI is InChI=1S/C42H66O20/c1-18(9-11-55-36(52)23-16-58-39(29-21(23)8-10-42(29,4)54)62-41-35(51)33(49)31(47)27(14-44)60-41)6-5-7-19(2)15-56-37(53)24-17-57-38(28-20(3)25(45)12-22(24)28)61-40-34(50)32(48)30(46)26(13-43)59-40/h16-22,25-35,38-41,43-51,54H,5-15H2,1-4H3. The molecule has 21 atom stereocenters. The van der Waals surface area contributed by atoms with Gasteiger partial charge in [0.25, 0.3) is 0 Å². The lowest BCUT2D eigenvalue weighted by Crippen LogP contribution is -2.60. The first kappa shape index (κ1) is 48.9. The zero-order valence-electron chi connectivity index (χ0n) is 35.5. The summed E-state index contributed by atoms with van der Waals surface area (Å²) in [6.07, 6.45) is -11.7. The molecule has 2 aliphatic carbocycles. The Balaban J connectivity index is 0.921. The number of hydrogen-bond acceptors (Lipinski definition) is 20. The molecule has 20 nitrogen and oxygen atoms in total. The average molecular weight is 891 g/mol. The van der Waals surface area contributed by atoms with Crippen LogP contribution in [-0.4, -0.2) is 175 Å². The molecule has 0 radical (unpaired) electrons. The van der Waals surface area contributed by atoms with Crippen molar-refractivity contribution < 1.29 is 98.5 Å². The first-order valence-corrected chi connectivity index (χ1v) is 21.8. The minimum absolute atomic E-state index is 0.0172. The van der Waals surface area contributed by atoms with Crippen molar-refractivity contribution in [1.82, 2.24) is 0 Å². The Labute approximate surface area is 359 Å². The maximum atomic E-state index is 13.3. The van der Waals surface area contributed by atoms with Crippen LogP contribution in [0.15, 0.2) is 23.7 Å². The van der Waals surface area contributed by atoms with Crippen molar-refractivity contribution in [3.63, 3.8) is 0 Å². The fourth-order valence-electron chi connectivity index (χ4n) is 9.76. The fraction of sp³-hybridized carbons (Fsp3) is 0.857. The highest BCUT2D eigenvalue weighted by Gasteiger charge is 2.57. The molecule has 354 valence electrons. The second kappa shape index (κ2) is 20.7. The third-order valence-corrected chi connectivity index (χ3v) is 13.8. The summed E-state index contributed by atoms with van der Waals surface area (Å²) >= 11 is 0. The lowest BCUT2D eigenvalue weighted by atomic mass is 9.81. The molecule has 62 heavy (non-hydrogen) atoms. The number of rotatable bonds is 17. The van der Waals surface area contributed by atoms with Crippen molar-refractivity contribution >= 4 is 11.9 Å². The van der Waals surface area contributed by atoms with Crippen LogP contribution in [-0.2, 0) is 47.5 Å². The van der Waals surface area contributed by atoms with Gasteiger partial charge in [-0.1, -0.05) is 33.6 Å². The Morgan fingerprint density at radius 3 is 1.85 bits per heavy atom. The zero-order valence-corrected chi connectivity index (χ0v) is 35.5. The van der Waals surface area contributed by atoms with Crippen LogP contribution in [0.25, 0.3) is 0 Å². The molecule has 4 heterocycles. The number of aliphatic hydroxyl groups excluding tert-OH is 9. The fourth-order valence-corrected chi connectivity index (χ4v) is 9.76. The normalized spacial score (nSPS) is 43.8. The monoisotopic (exact) mass is 890 g/mol. The van der Waals surface area contributed by atoms with Gasteiger partial charge >= 0.3 is 11.9 Å². The molecular weight excluding hydrogens is 824 g/mol. The zero-order chi connectivity index (χ0) is 45.2. The lowest BCUT2D eigenvalue weighted by molar-refractivity contribution is -0.346. The van der Waals surface area contributed by atoms with Gasteiger partial charge in [-0.2, -0.15) is 0 Å². The molecule has 6 aliphatic rings. The lowest BCUT2D eigenvalue weighted by Gasteiger charge is -2.44. The number of hydrogen-bond donors (Lipinski definition) is 10. The van der Waals surface area contributed by atoms with E-state index in [0.717, 1.165) is 19.3 Å². The second-order valence-corrected chi connectivity index (χ2v) is 18.4. The van der Waals surface area contributed by atoms with E-state index in [0.29, 0.717) is 19.3 Å². The Bertz CT molecular complexity index is 1570. The molecule has 4 aliphatic heterocycles. The molecule has 2 saturated carbocycles. The topological polar surface area (TPSA) is 310 Å². The van der Waals surface area contributed by atoms with Gasteiger partial charge < -0.3 is 89.0 Å². The van der Waals surface area contributed by atoms with Gasteiger partial charge in [0.1, 0.15) is 48.8 Å². The Morgan fingerprint density at radius 1 is 0.726 bits per heavy atom. The largest absolute Gasteiger partial charge is 0.472 e. The Morgan fingerprint density at radius 2 is 1.26 bits per heavy atom. The van der Waals surface area contributed by atoms with Gasteiger partial charge in [0.2, 0.25) is 12.6 Å². The maximum absolute atomic E-state index is 13.3. The van der Waals surface area contributed by atoms with E-state index < -0.39 is 135 Å². The average Bonchev–Trinajstić information content (AvgIpc) is 3.73. The van der Waals surface area contributed by atoms with Crippen molar-refractivity contribution in [1.29, 1.82) is 0 Å². The van der Waals surface area contributed by atoms with Crippen LogP contribution in [0.3, 0.4) is 0 Å². The quantitative estimate of drug-likeness (QED) is 0.0738. The predicted molar refractivity (Wildman–Crippen MR) is 208 cm³/mol. The summed E-state index contributed by atoms with van der Waals surface area (Å²) in [5, 5.41) is 103. The van der Waals surface area contributed by atoms with Gasteiger partial charge in [0.15, 0.2) is 12.6 Å². The van der Waals surface area contributed by atoms with E-state index in [9.17, 15) is 60.7 Å². The van der Waals surface area contributed by atoms with Crippen LogP contribution in [0.2, 0.25) is 0 Å². The molecule has 10 N–H and O–H groups in total. The Hall–Kier alpha value is -2.54. The number of fused-ring (bicyclic) bond motifs is 2. The molecule has 4 fully saturated rings. The molecule has 0 aromatic heterocycles. The number of esters is 2. The minimum atomic E-state index is -1.67. The molecule has 0 amide bonds. The Kier molecular flexibility index (Phi) is 16.4. The third-order valence-electron chi connectivity index (χ3n) is 13.8. The van der Waals surface area contributed by atoms with E-state index in [1.165, 1.54) is 12.5 Å². The molecule has 20 heteroatoms. The van der Waals surface area contributed by atoms with E-state index >= 15 is 0 Å². The van der Waals surface area contributed by atoms with Crippen LogP contribution < -0.4 is 0 Å². The highest BCUT2D eigenvalue weighted by molar-refractivity contribution is 5.89.